The smallest absolute Gasteiger partial charge is 0.257 e. The van der Waals surface area contributed by atoms with Gasteiger partial charge in [-0.2, -0.15) is 4.99 Å². The van der Waals surface area contributed by atoms with Crippen LogP contribution in [0.2, 0.25) is 0 Å². The van der Waals surface area contributed by atoms with Crippen LogP contribution < -0.4 is 15.4 Å². The quantitative estimate of drug-likeness (QED) is 0.372. The van der Waals surface area contributed by atoms with Crippen LogP contribution >= 0.6 is 0 Å². The monoisotopic (exact) mass is 439 g/mol. The van der Waals surface area contributed by atoms with E-state index in [4.69, 9.17) is 4.74 Å². The average Bonchev–Trinajstić information content (AvgIpc) is 2.84. The first kappa shape index (κ1) is 21.6. The zero-order valence-electron chi connectivity index (χ0n) is 18.1. The zero-order chi connectivity index (χ0) is 23.2. The van der Waals surface area contributed by atoms with Gasteiger partial charge in [0.25, 0.3) is 17.8 Å². The van der Waals surface area contributed by atoms with Crippen LogP contribution in [0.15, 0.2) is 83.9 Å². The fraction of sp³-hybridized carbons (Fsp3) is 0.0800. The molecule has 0 bridgehead atoms. The van der Waals surface area contributed by atoms with E-state index in [1.807, 2.05) is 31.2 Å². The molecule has 0 saturated heterocycles. The van der Waals surface area contributed by atoms with Crippen LogP contribution in [0.4, 0.5) is 5.95 Å². The normalized spacial score (nSPS) is 10.4. The molecular weight excluding hydrogens is 418 g/mol. The molecule has 2 N–H and O–H groups in total. The molecule has 0 aliphatic rings. The van der Waals surface area contributed by atoms with Crippen LogP contribution in [-0.2, 0) is 0 Å². The molecule has 4 rings (SSSR count). The van der Waals surface area contributed by atoms with Gasteiger partial charge in [-0.15, -0.1) is 0 Å². The number of guanidine groups is 1. The van der Waals surface area contributed by atoms with E-state index in [1.165, 1.54) is 0 Å². The lowest BCUT2D eigenvalue weighted by atomic mass is 10.2. The number of aliphatic imine (C=N–C) groups is 1. The van der Waals surface area contributed by atoms with Crippen LogP contribution in [0, 0.1) is 6.92 Å². The van der Waals surface area contributed by atoms with E-state index in [2.05, 4.69) is 25.6 Å². The van der Waals surface area contributed by atoms with E-state index in [0.717, 1.165) is 5.39 Å². The molecule has 0 radical (unpaired) electrons. The Bertz CT molecular complexity index is 1280. The van der Waals surface area contributed by atoms with Gasteiger partial charge in [0.2, 0.25) is 5.96 Å². The van der Waals surface area contributed by atoms with Crippen molar-refractivity contribution in [3.63, 3.8) is 0 Å². The summed E-state index contributed by atoms with van der Waals surface area (Å²) in [5.74, 6) is -0.210. The van der Waals surface area contributed by atoms with E-state index in [1.54, 1.807) is 61.7 Å². The summed E-state index contributed by atoms with van der Waals surface area (Å²) in [6.45, 7) is 1.83. The number of carbonyl (C=O) groups is 2. The lowest BCUT2D eigenvalue weighted by Crippen LogP contribution is -2.43. The number of nitrogens with zero attached hydrogens (tertiary/aromatic N) is 3. The largest absolute Gasteiger partial charge is 0.497 e. The number of carbonyl (C=O) groups excluding carboxylic acids is 2. The second kappa shape index (κ2) is 9.69. The number of rotatable bonds is 4. The summed E-state index contributed by atoms with van der Waals surface area (Å²) >= 11 is 0. The van der Waals surface area contributed by atoms with Gasteiger partial charge in [-0.25, -0.2) is 9.97 Å². The number of methoxy groups -OCH3 is 1. The number of ether oxygens (including phenoxy) is 1. The van der Waals surface area contributed by atoms with Crippen molar-refractivity contribution in [1.29, 1.82) is 0 Å². The highest BCUT2D eigenvalue weighted by molar-refractivity contribution is 6.13. The molecule has 0 unspecified atom stereocenters. The van der Waals surface area contributed by atoms with Gasteiger partial charge in [0.1, 0.15) is 5.75 Å². The predicted molar refractivity (Wildman–Crippen MR) is 126 cm³/mol. The number of hydrogen-bond donors (Lipinski definition) is 2. The molecule has 0 atom stereocenters. The highest BCUT2D eigenvalue weighted by Crippen LogP contribution is 2.23. The Morgan fingerprint density at radius 2 is 1.39 bits per heavy atom. The van der Waals surface area contributed by atoms with Crippen LogP contribution in [0.25, 0.3) is 10.9 Å². The van der Waals surface area contributed by atoms with E-state index < -0.39 is 11.8 Å². The number of fused-ring (bicyclic) bond motifs is 1. The first-order valence-electron chi connectivity index (χ1n) is 10.2. The topological polar surface area (TPSA) is 106 Å². The first-order valence-corrected chi connectivity index (χ1v) is 10.2. The second-order valence-electron chi connectivity index (χ2n) is 7.09. The van der Waals surface area contributed by atoms with Gasteiger partial charge in [0, 0.05) is 22.6 Å². The van der Waals surface area contributed by atoms with Gasteiger partial charge < -0.3 is 4.74 Å². The summed E-state index contributed by atoms with van der Waals surface area (Å²) < 4.78 is 5.28. The first-order chi connectivity index (χ1) is 16.0. The zero-order valence-corrected chi connectivity index (χ0v) is 18.1. The second-order valence-corrected chi connectivity index (χ2v) is 7.09. The van der Waals surface area contributed by atoms with Gasteiger partial charge in [0.05, 0.1) is 18.3 Å². The number of aryl methyl sites for hydroxylation is 1. The van der Waals surface area contributed by atoms with Crippen molar-refractivity contribution in [2.45, 2.75) is 6.92 Å². The van der Waals surface area contributed by atoms with Crippen molar-refractivity contribution in [1.82, 2.24) is 20.6 Å². The van der Waals surface area contributed by atoms with Crippen LogP contribution in [0.1, 0.15) is 26.4 Å². The fourth-order valence-corrected chi connectivity index (χ4v) is 3.16. The van der Waals surface area contributed by atoms with Crippen molar-refractivity contribution in [2.24, 2.45) is 4.99 Å². The SMILES string of the molecule is COc1ccc2c(C)nc(N=C(NC(=O)c3ccccc3)NC(=O)c3ccccc3)nc2c1. The summed E-state index contributed by atoms with van der Waals surface area (Å²) in [6, 6.07) is 22.7. The highest BCUT2D eigenvalue weighted by Gasteiger charge is 2.14. The maximum atomic E-state index is 12.7. The number of hydrogen-bond acceptors (Lipinski definition) is 6. The van der Waals surface area contributed by atoms with Crippen LogP contribution in [0.3, 0.4) is 0 Å². The summed E-state index contributed by atoms with van der Waals surface area (Å²) in [6.07, 6.45) is 0. The van der Waals surface area contributed by atoms with Crippen molar-refractivity contribution in [2.75, 3.05) is 7.11 Å². The molecule has 4 aromatic rings. The van der Waals surface area contributed by atoms with Gasteiger partial charge in [-0.3, -0.25) is 20.2 Å². The molecule has 164 valence electrons. The molecule has 0 aliphatic carbocycles. The minimum absolute atomic E-state index is 0.0839. The molecular formula is C25H21N5O3. The highest BCUT2D eigenvalue weighted by atomic mass is 16.5. The van der Waals surface area contributed by atoms with Crippen molar-refractivity contribution >= 4 is 34.6 Å². The Hall–Kier alpha value is -4.59. The Kier molecular flexibility index (Phi) is 6.36. The van der Waals surface area contributed by atoms with Crippen molar-refractivity contribution in [3.05, 3.63) is 95.7 Å². The van der Waals surface area contributed by atoms with E-state index in [0.29, 0.717) is 28.1 Å². The van der Waals surface area contributed by atoms with Crippen molar-refractivity contribution < 1.29 is 14.3 Å². The maximum Gasteiger partial charge on any atom is 0.257 e. The molecule has 0 aliphatic heterocycles. The van der Waals surface area contributed by atoms with Gasteiger partial charge >= 0.3 is 0 Å². The summed E-state index contributed by atoms with van der Waals surface area (Å²) in [5, 5.41) is 6.14. The number of amides is 2. The molecule has 1 aromatic heterocycles. The Labute approximate surface area is 190 Å². The molecule has 33 heavy (non-hydrogen) atoms. The van der Waals surface area contributed by atoms with E-state index >= 15 is 0 Å². The third-order valence-corrected chi connectivity index (χ3v) is 4.83. The molecule has 8 heteroatoms. The maximum absolute atomic E-state index is 12.7. The van der Waals surface area contributed by atoms with Gasteiger partial charge in [-0.1, -0.05) is 36.4 Å². The molecule has 0 fully saturated rings. The molecule has 0 saturated carbocycles. The standard InChI is InChI=1S/C25H21N5O3/c1-16-20-14-13-19(33-2)15-21(20)27-24(26-16)30-25(28-22(31)17-9-5-3-6-10-17)29-23(32)18-11-7-4-8-12-18/h3-15H,1-2H3,(H2,26,27,28,29,30,31,32). The van der Waals surface area contributed by atoms with Crippen molar-refractivity contribution in [3.8, 4) is 5.75 Å². The number of aromatic nitrogens is 2. The summed E-state index contributed by atoms with van der Waals surface area (Å²) in [4.78, 5) is 38.7. The van der Waals surface area contributed by atoms with E-state index in [-0.39, 0.29) is 11.9 Å². The van der Waals surface area contributed by atoms with E-state index in [9.17, 15) is 9.59 Å². The lowest BCUT2D eigenvalue weighted by molar-refractivity contribution is 0.0966. The number of nitrogens with one attached hydrogen (secondary N) is 2. The third kappa shape index (κ3) is 5.19. The van der Waals surface area contributed by atoms with Crippen LogP contribution in [0.5, 0.6) is 5.75 Å². The minimum atomic E-state index is -0.429. The number of benzene rings is 3. The molecule has 2 amide bonds. The average molecular weight is 439 g/mol. The molecule has 3 aromatic carbocycles. The Morgan fingerprint density at radius 3 is 1.94 bits per heavy atom. The Balaban J connectivity index is 1.71. The van der Waals surface area contributed by atoms with Crippen LogP contribution in [-0.4, -0.2) is 34.9 Å². The predicted octanol–water partition coefficient (Wildman–Crippen LogP) is 3.79. The molecule has 0 spiro atoms. The third-order valence-electron chi connectivity index (χ3n) is 4.83. The minimum Gasteiger partial charge on any atom is -0.497 e. The summed E-state index contributed by atoms with van der Waals surface area (Å²) in [7, 11) is 1.57. The van der Waals surface area contributed by atoms with Gasteiger partial charge in [-0.05, 0) is 43.3 Å². The molecule has 1 heterocycles. The summed E-state index contributed by atoms with van der Waals surface area (Å²) in [5.41, 5.74) is 2.16. The van der Waals surface area contributed by atoms with Gasteiger partial charge in [0.15, 0.2) is 0 Å². The fourth-order valence-electron chi connectivity index (χ4n) is 3.16. The molecule has 8 nitrogen and oxygen atoms in total. The lowest BCUT2D eigenvalue weighted by Gasteiger charge is -2.11. The Morgan fingerprint density at radius 1 is 0.818 bits per heavy atom.